The van der Waals surface area contributed by atoms with Gasteiger partial charge in [-0.05, 0) is 67.8 Å². The first kappa shape index (κ1) is 14.7. The molecule has 4 rings (SSSR count). The minimum Gasteiger partial charge on any atom is -0.393 e. The lowest BCUT2D eigenvalue weighted by atomic mass is 9.47. The highest BCUT2D eigenvalue weighted by Gasteiger charge is 2.61. The summed E-state index contributed by atoms with van der Waals surface area (Å²) >= 11 is 0. The highest BCUT2D eigenvalue weighted by atomic mass is 16.3. The van der Waals surface area contributed by atoms with Crippen LogP contribution in [-0.2, 0) is 4.79 Å². The maximum absolute atomic E-state index is 12.4. The highest BCUT2D eigenvalue weighted by Crippen LogP contribution is 2.63. The van der Waals surface area contributed by atoms with Gasteiger partial charge in [-0.3, -0.25) is 4.79 Å². The average Bonchev–Trinajstić information content (AvgIpc) is 2.75. The molecule has 4 aliphatic carbocycles. The predicted octanol–water partition coefficient (Wildman–Crippen LogP) is 4.05. The Hall–Kier alpha value is -0.890. The maximum Gasteiger partial charge on any atom is 0.139 e. The van der Waals surface area contributed by atoms with Crippen molar-refractivity contribution in [2.24, 2.45) is 28.6 Å². The zero-order valence-corrected chi connectivity index (χ0v) is 14.1. The minimum absolute atomic E-state index is 0.106. The van der Waals surface area contributed by atoms with Gasteiger partial charge in [-0.25, -0.2) is 0 Å². The first-order valence-electron chi connectivity index (χ1n) is 8.95. The van der Waals surface area contributed by atoms with Gasteiger partial charge in [-0.15, -0.1) is 0 Å². The Balaban J connectivity index is 1.78. The molecule has 0 aromatic heterocycles. The van der Waals surface area contributed by atoms with Gasteiger partial charge in [-0.2, -0.15) is 0 Å². The second-order valence-corrected chi connectivity index (χ2v) is 8.75. The third kappa shape index (κ3) is 1.73. The second-order valence-electron chi connectivity index (χ2n) is 8.75. The summed E-state index contributed by atoms with van der Waals surface area (Å²) in [6, 6.07) is 0. The van der Waals surface area contributed by atoms with Crippen molar-refractivity contribution in [3.05, 3.63) is 23.3 Å². The molecular formula is C20H28O2. The predicted molar refractivity (Wildman–Crippen MR) is 87.2 cm³/mol. The highest BCUT2D eigenvalue weighted by molar-refractivity contribution is 5.87. The molecule has 4 aliphatic rings. The first-order valence-corrected chi connectivity index (χ1v) is 8.95. The molecule has 120 valence electrons. The summed E-state index contributed by atoms with van der Waals surface area (Å²) < 4.78 is 0. The fraction of sp³-hybridized carbons (Fsp3) is 0.750. The fourth-order valence-corrected chi connectivity index (χ4v) is 6.37. The lowest BCUT2D eigenvalue weighted by Crippen LogP contribution is -2.55. The summed E-state index contributed by atoms with van der Waals surface area (Å²) in [5.74, 6) is 1.70. The molecule has 0 spiro atoms. The Labute approximate surface area is 133 Å². The van der Waals surface area contributed by atoms with E-state index < -0.39 is 0 Å². The summed E-state index contributed by atoms with van der Waals surface area (Å²) in [5, 5.41) is 11.0. The Morgan fingerprint density at radius 1 is 1.23 bits per heavy atom. The zero-order valence-electron chi connectivity index (χ0n) is 14.1. The van der Waals surface area contributed by atoms with Gasteiger partial charge in [-0.1, -0.05) is 31.6 Å². The quantitative estimate of drug-likeness (QED) is 0.733. The molecular weight excluding hydrogens is 272 g/mol. The van der Waals surface area contributed by atoms with E-state index >= 15 is 0 Å². The number of ketones is 1. The van der Waals surface area contributed by atoms with Crippen LogP contribution in [0.1, 0.15) is 59.3 Å². The Kier molecular flexibility index (Phi) is 3.05. The van der Waals surface area contributed by atoms with Crippen molar-refractivity contribution in [2.45, 2.75) is 65.4 Å². The molecule has 2 heteroatoms. The van der Waals surface area contributed by atoms with Gasteiger partial charge >= 0.3 is 0 Å². The molecule has 0 radical (unpaired) electrons. The van der Waals surface area contributed by atoms with E-state index in [1.165, 1.54) is 11.1 Å². The van der Waals surface area contributed by atoms with E-state index in [-0.39, 0.29) is 16.9 Å². The third-order valence-corrected chi connectivity index (χ3v) is 7.61. The fourth-order valence-electron chi connectivity index (χ4n) is 6.37. The molecule has 0 saturated heterocycles. The van der Waals surface area contributed by atoms with Crippen LogP contribution in [0.5, 0.6) is 0 Å². The summed E-state index contributed by atoms with van der Waals surface area (Å²) in [7, 11) is 0. The van der Waals surface area contributed by atoms with Crippen LogP contribution in [0.4, 0.5) is 0 Å². The number of carbonyl (C=O) groups is 1. The molecule has 0 amide bonds. The number of Topliss-reactive ketones (excluding diaryl/α,β-unsaturated/α-hetero) is 1. The monoisotopic (exact) mass is 300 g/mol. The number of allylic oxidation sites excluding steroid dienone is 4. The Morgan fingerprint density at radius 2 is 2.00 bits per heavy atom. The van der Waals surface area contributed by atoms with E-state index in [9.17, 15) is 9.90 Å². The number of hydrogen-bond acceptors (Lipinski definition) is 2. The van der Waals surface area contributed by atoms with Crippen LogP contribution >= 0.6 is 0 Å². The van der Waals surface area contributed by atoms with Gasteiger partial charge < -0.3 is 5.11 Å². The lowest BCUT2D eigenvalue weighted by Gasteiger charge is -2.57. The van der Waals surface area contributed by atoms with Crippen LogP contribution in [0.25, 0.3) is 0 Å². The molecule has 2 saturated carbocycles. The number of aliphatic hydroxyl groups excluding tert-OH is 1. The largest absolute Gasteiger partial charge is 0.393 e. The normalized spacial score (nSPS) is 50.6. The molecule has 0 aromatic carbocycles. The Bertz CT molecular complexity index is 587. The molecule has 2 nitrogen and oxygen atoms in total. The summed E-state index contributed by atoms with van der Waals surface area (Å²) in [6.07, 6.45) is 10.2. The SMILES string of the molecule is CC1=CC2=CCC3C4CCC(=O)C4(C)CC(O)C3C2(C)CC1. The van der Waals surface area contributed by atoms with Gasteiger partial charge in [0.2, 0.25) is 0 Å². The van der Waals surface area contributed by atoms with E-state index in [0.717, 1.165) is 32.1 Å². The van der Waals surface area contributed by atoms with Crippen molar-refractivity contribution in [2.75, 3.05) is 0 Å². The number of carbonyl (C=O) groups excluding carboxylic acids is 1. The zero-order chi connectivity index (χ0) is 15.7. The first-order chi connectivity index (χ1) is 10.4. The number of rotatable bonds is 0. The van der Waals surface area contributed by atoms with Crippen molar-refractivity contribution in [3.63, 3.8) is 0 Å². The van der Waals surface area contributed by atoms with Gasteiger partial charge in [0.25, 0.3) is 0 Å². The molecule has 22 heavy (non-hydrogen) atoms. The molecule has 6 atom stereocenters. The van der Waals surface area contributed by atoms with Gasteiger partial charge in [0.15, 0.2) is 0 Å². The summed E-state index contributed by atoms with van der Waals surface area (Å²) in [5.41, 5.74) is 2.76. The van der Waals surface area contributed by atoms with E-state index in [1.807, 2.05) is 0 Å². The van der Waals surface area contributed by atoms with Crippen LogP contribution in [-0.4, -0.2) is 17.0 Å². The van der Waals surface area contributed by atoms with E-state index in [1.54, 1.807) is 0 Å². The van der Waals surface area contributed by atoms with Crippen molar-refractivity contribution >= 4 is 5.78 Å². The summed E-state index contributed by atoms with van der Waals surface area (Å²) in [6.45, 7) is 6.71. The Morgan fingerprint density at radius 3 is 2.77 bits per heavy atom. The molecule has 0 bridgehead atoms. The average molecular weight is 300 g/mol. The summed E-state index contributed by atoms with van der Waals surface area (Å²) in [4.78, 5) is 12.4. The van der Waals surface area contributed by atoms with E-state index in [2.05, 4.69) is 32.9 Å². The topological polar surface area (TPSA) is 37.3 Å². The van der Waals surface area contributed by atoms with Crippen molar-refractivity contribution < 1.29 is 9.90 Å². The maximum atomic E-state index is 12.4. The smallest absolute Gasteiger partial charge is 0.139 e. The number of aliphatic hydroxyl groups is 1. The molecule has 6 unspecified atom stereocenters. The molecule has 0 aliphatic heterocycles. The lowest BCUT2D eigenvalue weighted by molar-refractivity contribution is -0.143. The van der Waals surface area contributed by atoms with Crippen LogP contribution in [0.3, 0.4) is 0 Å². The van der Waals surface area contributed by atoms with Crippen LogP contribution < -0.4 is 0 Å². The van der Waals surface area contributed by atoms with Crippen molar-refractivity contribution in [1.29, 1.82) is 0 Å². The van der Waals surface area contributed by atoms with Gasteiger partial charge in [0, 0.05) is 11.8 Å². The molecule has 0 aromatic rings. The second kappa shape index (κ2) is 4.56. The van der Waals surface area contributed by atoms with Crippen molar-refractivity contribution in [1.82, 2.24) is 0 Å². The van der Waals surface area contributed by atoms with E-state index in [4.69, 9.17) is 0 Å². The van der Waals surface area contributed by atoms with Crippen LogP contribution in [0, 0.1) is 28.6 Å². The molecule has 2 fully saturated rings. The van der Waals surface area contributed by atoms with Crippen LogP contribution in [0.15, 0.2) is 23.3 Å². The van der Waals surface area contributed by atoms with Crippen LogP contribution in [0.2, 0.25) is 0 Å². The number of hydrogen-bond donors (Lipinski definition) is 1. The van der Waals surface area contributed by atoms with Gasteiger partial charge in [0.1, 0.15) is 5.78 Å². The molecule has 0 heterocycles. The van der Waals surface area contributed by atoms with Crippen molar-refractivity contribution in [3.8, 4) is 0 Å². The molecule has 1 N–H and O–H groups in total. The standard InChI is InChI=1S/C20H28O2/c1-12-8-9-19(2)13(10-12)4-5-14-15-6-7-17(22)20(15,3)11-16(21)18(14)19/h4,10,14-16,18,21H,5-9,11H2,1-3H3. The minimum atomic E-state index is -0.325. The van der Waals surface area contributed by atoms with Gasteiger partial charge in [0.05, 0.1) is 6.10 Å². The number of fused-ring (bicyclic) bond motifs is 5. The third-order valence-electron chi connectivity index (χ3n) is 7.61. The van der Waals surface area contributed by atoms with E-state index in [0.29, 0.717) is 30.0 Å².